The van der Waals surface area contributed by atoms with Gasteiger partial charge in [0.2, 0.25) is 5.91 Å². The van der Waals surface area contributed by atoms with Gasteiger partial charge in [-0.25, -0.2) is 0 Å². The van der Waals surface area contributed by atoms with Crippen LogP contribution in [0.2, 0.25) is 5.02 Å². The molecule has 0 aliphatic heterocycles. The molecule has 0 unspecified atom stereocenters. The van der Waals surface area contributed by atoms with Gasteiger partial charge in [-0.05, 0) is 55.5 Å². The van der Waals surface area contributed by atoms with Gasteiger partial charge in [-0.3, -0.25) is 9.36 Å². The van der Waals surface area contributed by atoms with E-state index in [-0.39, 0.29) is 18.3 Å². The number of fused-ring (bicyclic) bond motifs is 1. The fraction of sp³-hybridized carbons (Fsp3) is 0.304. The Morgan fingerprint density at radius 2 is 2.12 bits per heavy atom. The largest absolute Gasteiger partial charge is 0.486 e. The standard InChI is InChI=1S/C23H22ClN5O2S2/c1-2-11-29-20(13-31-16-9-7-15(24)8-10-16)27-28-23(29)32-14-21(30)26-22-18(12-25)17-5-3-4-6-19(17)33-22/h2,7-10H,1,3-6,11,13-14H2,(H,26,30). The highest BCUT2D eigenvalue weighted by Crippen LogP contribution is 2.37. The number of nitrogens with zero attached hydrogens (tertiary/aromatic N) is 4. The van der Waals surface area contributed by atoms with Crippen molar-refractivity contribution in [2.24, 2.45) is 0 Å². The molecule has 7 nitrogen and oxygen atoms in total. The molecule has 0 fully saturated rings. The molecule has 0 atom stereocenters. The Kier molecular flexibility index (Phi) is 7.70. The lowest BCUT2D eigenvalue weighted by Gasteiger charge is -2.09. The quantitative estimate of drug-likeness (QED) is 0.319. The number of carbonyl (C=O) groups is 1. The van der Waals surface area contributed by atoms with Crippen LogP contribution in [0.3, 0.4) is 0 Å². The topological polar surface area (TPSA) is 92.8 Å². The summed E-state index contributed by atoms with van der Waals surface area (Å²) < 4.78 is 7.65. The minimum Gasteiger partial charge on any atom is -0.486 e. The zero-order chi connectivity index (χ0) is 23.2. The van der Waals surface area contributed by atoms with E-state index in [1.54, 1.807) is 30.3 Å². The summed E-state index contributed by atoms with van der Waals surface area (Å²) in [5.41, 5.74) is 1.72. The van der Waals surface area contributed by atoms with Gasteiger partial charge in [0.25, 0.3) is 0 Å². The number of nitriles is 1. The van der Waals surface area contributed by atoms with E-state index in [1.807, 2.05) is 4.57 Å². The molecule has 4 rings (SSSR count). The molecule has 10 heteroatoms. The zero-order valence-electron chi connectivity index (χ0n) is 17.8. The molecular formula is C23H22ClN5O2S2. The Hall–Kier alpha value is -2.80. The summed E-state index contributed by atoms with van der Waals surface area (Å²) in [6.07, 6.45) is 5.85. The smallest absolute Gasteiger partial charge is 0.235 e. The van der Waals surface area contributed by atoms with Gasteiger partial charge in [0, 0.05) is 16.4 Å². The van der Waals surface area contributed by atoms with Crippen LogP contribution in [0.5, 0.6) is 5.75 Å². The predicted molar refractivity (Wildman–Crippen MR) is 131 cm³/mol. The normalized spacial score (nSPS) is 12.6. The molecule has 0 radical (unpaired) electrons. The Morgan fingerprint density at radius 1 is 1.33 bits per heavy atom. The summed E-state index contributed by atoms with van der Waals surface area (Å²) in [6, 6.07) is 9.36. The molecule has 1 aliphatic rings. The maximum Gasteiger partial charge on any atom is 0.235 e. The van der Waals surface area contributed by atoms with Gasteiger partial charge < -0.3 is 10.1 Å². The molecule has 2 heterocycles. The number of anilines is 1. The van der Waals surface area contributed by atoms with Crippen LogP contribution in [-0.2, 0) is 30.8 Å². The van der Waals surface area contributed by atoms with Crippen molar-refractivity contribution in [3.05, 3.63) is 63.8 Å². The van der Waals surface area contributed by atoms with Gasteiger partial charge in [0.15, 0.2) is 11.0 Å². The number of aromatic nitrogens is 3. The van der Waals surface area contributed by atoms with Crippen LogP contribution in [0.15, 0.2) is 42.1 Å². The number of ether oxygens (including phenoxy) is 1. The summed E-state index contributed by atoms with van der Waals surface area (Å²) in [4.78, 5) is 13.9. The predicted octanol–water partition coefficient (Wildman–Crippen LogP) is 5.24. The Labute approximate surface area is 205 Å². The number of allylic oxidation sites excluding steroid dienone is 1. The number of carbonyl (C=O) groups excluding carboxylic acids is 1. The molecule has 170 valence electrons. The molecule has 2 aromatic heterocycles. The molecular weight excluding hydrogens is 478 g/mol. The van der Waals surface area contributed by atoms with Crippen molar-refractivity contribution in [1.82, 2.24) is 14.8 Å². The van der Waals surface area contributed by atoms with Gasteiger partial charge in [-0.2, -0.15) is 5.26 Å². The molecule has 0 bridgehead atoms. The van der Waals surface area contributed by atoms with Crippen molar-refractivity contribution < 1.29 is 9.53 Å². The van der Waals surface area contributed by atoms with Gasteiger partial charge >= 0.3 is 0 Å². The van der Waals surface area contributed by atoms with Crippen LogP contribution in [-0.4, -0.2) is 26.4 Å². The van der Waals surface area contributed by atoms with Crippen molar-refractivity contribution in [2.45, 2.75) is 44.0 Å². The van der Waals surface area contributed by atoms with E-state index in [9.17, 15) is 10.1 Å². The number of amides is 1. The van der Waals surface area contributed by atoms with Gasteiger partial charge in [0.05, 0.1) is 11.3 Å². The molecule has 3 aromatic rings. The summed E-state index contributed by atoms with van der Waals surface area (Å²) in [6.45, 7) is 4.51. The van der Waals surface area contributed by atoms with E-state index < -0.39 is 0 Å². The van der Waals surface area contributed by atoms with Crippen molar-refractivity contribution in [1.29, 1.82) is 5.26 Å². The number of hydrogen-bond donors (Lipinski definition) is 1. The summed E-state index contributed by atoms with van der Waals surface area (Å²) in [7, 11) is 0. The lowest BCUT2D eigenvalue weighted by molar-refractivity contribution is -0.113. The average molecular weight is 500 g/mol. The fourth-order valence-electron chi connectivity index (χ4n) is 3.59. The minimum atomic E-state index is -0.179. The van der Waals surface area contributed by atoms with E-state index in [4.69, 9.17) is 16.3 Å². The number of thioether (sulfide) groups is 1. The van der Waals surface area contributed by atoms with Crippen LogP contribution >= 0.6 is 34.7 Å². The first-order chi connectivity index (χ1) is 16.1. The second kappa shape index (κ2) is 10.9. The monoisotopic (exact) mass is 499 g/mol. The van der Waals surface area contributed by atoms with Crippen molar-refractivity contribution in [2.75, 3.05) is 11.1 Å². The minimum absolute atomic E-state index is 0.154. The lowest BCUT2D eigenvalue weighted by Crippen LogP contribution is -2.15. The van der Waals surface area contributed by atoms with E-state index in [2.05, 4.69) is 28.2 Å². The maximum absolute atomic E-state index is 12.6. The van der Waals surface area contributed by atoms with Gasteiger partial charge in [-0.1, -0.05) is 29.4 Å². The van der Waals surface area contributed by atoms with Crippen LogP contribution in [0.4, 0.5) is 5.00 Å². The number of aryl methyl sites for hydroxylation is 1. The van der Waals surface area contributed by atoms with Crippen LogP contribution in [0, 0.1) is 11.3 Å². The first-order valence-corrected chi connectivity index (χ1v) is 12.7. The molecule has 0 saturated carbocycles. The number of nitrogens with one attached hydrogen (secondary N) is 1. The number of thiophene rings is 1. The van der Waals surface area contributed by atoms with Crippen molar-refractivity contribution in [3.63, 3.8) is 0 Å². The van der Waals surface area contributed by atoms with Crippen molar-refractivity contribution in [3.8, 4) is 11.8 Å². The van der Waals surface area contributed by atoms with Gasteiger partial charge in [0.1, 0.15) is 23.4 Å². The van der Waals surface area contributed by atoms with Crippen LogP contribution < -0.4 is 10.1 Å². The second-order valence-corrected chi connectivity index (χ2v) is 9.89. The molecule has 1 N–H and O–H groups in total. The number of benzene rings is 1. The SMILES string of the molecule is C=CCn1c(COc2ccc(Cl)cc2)nnc1SCC(=O)Nc1sc2c(c1C#N)CCCC2. The number of hydrogen-bond acceptors (Lipinski definition) is 7. The first kappa shape index (κ1) is 23.4. The number of rotatable bonds is 9. The highest BCUT2D eigenvalue weighted by molar-refractivity contribution is 7.99. The van der Waals surface area contributed by atoms with E-state index >= 15 is 0 Å². The first-order valence-electron chi connectivity index (χ1n) is 10.5. The second-order valence-electron chi connectivity index (χ2n) is 7.40. The third kappa shape index (κ3) is 5.58. The Morgan fingerprint density at radius 3 is 2.88 bits per heavy atom. The molecule has 0 spiro atoms. The van der Waals surface area contributed by atoms with Crippen molar-refractivity contribution >= 4 is 45.6 Å². The Bertz CT molecular complexity index is 1200. The summed E-state index contributed by atoms with van der Waals surface area (Å²) in [5.74, 6) is 1.28. The van der Waals surface area contributed by atoms with Crippen LogP contribution in [0.25, 0.3) is 0 Å². The molecule has 1 aliphatic carbocycles. The lowest BCUT2D eigenvalue weighted by atomic mass is 9.96. The van der Waals surface area contributed by atoms with E-state index in [0.717, 1.165) is 31.2 Å². The molecule has 1 aromatic carbocycles. The molecule has 1 amide bonds. The highest BCUT2D eigenvalue weighted by Gasteiger charge is 2.22. The third-order valence-electron chi connectivity index (χ3n) is 5.16. The fourth-order valence-corrected chi connectivity index (χ4v) is 5.74. The number of halogens is 1. The highest BCUT2D eigenvalue weighted by atomic mass is 35.5. The zero-order valence-corrected chi connectivity index (χ0v) is 20.2. The summed E-state index contributed by atoms with van der Waals surface area (Å²) in [5, 5.41) is 22.8. The van der Waals surface area contributed by atoms with E-state index in [1.165, 1.54) is 28.0 Å². The summed E-state index contributed by atoms with van der Waals surface area (Å²) >= 11 is 8.72. The Balaban J connectivity index is 1.39. The third-order valence-corrected chi connectivity index (χ3v) is 7.58. The average Bonchev–Trinajstić information content (AvgIpc) is 3.37. The van der Waals surface area contributed by atoms with Gasteiger partial charge in [-0.15, -0.1) is 28.1 Å². The molecule has 33 heavy (non-hydrogen) atoms. The van der Waals surface area contributed by atoms with E-state index in [0.29, 0.717) is 38.9 Å². The molecule has 0 saturated heterocycles. The van der Waals surface area contributed by atoms with Crippen LogP contribution in [0.1, 0.15) is 34.7 Å². The maximum atomic E-state index is 12.6.